The lowest BCUT2D eigenvalue weighted by Crippen LogP contribution is -2.31. The lowest BCUT2D eigenvalue weighted by molar-refractivity contribution is -0.00943. The van der Waals surface area contributed by atoms with Gasteiger partial charge in [-0.1, -0.05) is 12.1 Å². The lowest BCUT2D eigenvalue weighted by atomic mass is 10.1. The van der Waals surface area contributed by atoms with Crippen LogP contribution in [0, 0.1) is 0 Å². The molecule has 0 spiro atoms. The average Bonchev–Trinajstić information content (AvgIpc) is 3.09. The summed E-state index contributed by atoms with van der Waals surface area (Å²) in [5.74, 6) is 0.827. The number of aliphatic hydroxyl groups is 1. The van der Waals surface area contributed by atoms with Crippen LogP contribution in [0.3, 0.4) is 0 Å². The summed E-state index contributed by atoms with van der Waals surface area (Å²) >= 11 is 0. The highest BCUT2D eigenvalue weighted by Crippen LogP contribution is 2.30. The first kappa shape index (κ1) is 12.4. The minimum absolute atomic E-state index is 0.294. The molecule has 1 aliphatic heterocycles. The van der Waals surface area contributed by atoms with Crippen LogP contribution in [0.15, 0.2) is 24.3 Å². The second-order valence-corrected chi connectivity index (χ2v) is 4.48. The molecule has 17 heavy (non-hydrogen) atoms. The SMILES string of the molecule is COc1ccc(COCC(O)C2(C)CO2)cc1. The largest absolute Gasteiger partial charge is 0.497 e. The zero-order valence-corrected chi connectivity index (χ0v) is 10.2. The van der Waals surface area contributed by atoms with E-state index < -0.39 is 6.10 Å². The maximum absolute atomic E-state index is 9.74. The third kappa shape index (κ3) is 3.19. The molecule has 94 valence electrons. The molecule has 1 aromatic rings. The van der Waals surface area contributed by atoms with Crippen LogP contribution in [0.1, 0.15) is 12.5 Å². The molecule has 2 unspecified atom stereocenters. The van der Waals surface area contributed by atoms with Crippen molar-refractivity contribution in [1.82, 2.24) is 0 Å². The van der Waals surface area contributed by atoms with Crippen LogP contribution in [0.2, 0.25) is 0 Å². The van der Waals surface area contributed by atoms with E-state index >= 15 is 0 Å². The predicted molar refractivity (Wildman–Crippen MR) is 63.0 cm³/mol. The first-order valence-electron chi connectivity index (χ1n) is 5.67. The Morgan fingerprint density at radius 1 is 1.41 bits per heavy atom. The van der Waals surface area contributed by atoms with Gasteiger partial charge in [-0.15, -0.1) is 0 Å². The molecule has 0 aromatic heterocycles. The molecule has 0 radical (unpaired) electrons. The standard InChI is InChI=1S/C13H18O4/c1-13(9-17-13)12(14)8-16-7-10-3-5-11(15-2)6-4-10/h3-6,12,14H,7-9H2,1-2H3. The summed E-state index contributed by atoms with van der Waals surface area (Å²) < 4.78 is 15.7. The fraction of sp³-hybridized carbons (Fsp3) is 0.538. The second kappa shape index (κ2) is 5.04. The van der Waals surface area contributed by atoms with Gasteiger partial charge in [-0.2, -0.15) is 0 Å². The number of benzene rings is 1. The number of rotatable bonds is 6. The van der Waals surface area contributed by atoms with E-state index in [4.69, 9.17) is 14.2 Å². The monoisotopic (exact) mass is 238 g/mol. The molecule has 2 rings (SSSR count). The Hall–Kier alpha value is -1.10. The molecule has 1 saturated heterocycles. The van der Waals surface area contributed by atoms with Crippen LogP contribution in [-0.4, -0.2) is 37.1 Å². The van der Waals surface area contributed by atoms with Crippen molar-refractivity contribution in [3.63, 3.8) is 0 Å². The van der Waals surface area contributed by atoms with E-state index in [1.54, 1.807) is 7.11 Å². The van der Waals surface area contributed by atoms with E-state index in [1.165, 1.54) is 0 Å². The lowest BCUT2D eigenvalue weighted by Gasteiger charge is -2.14. The number of aliphatic hydroxyl groups excluding tert-OH is 1. The van der Waals surface area contributed by atoms with Crippen LogP contribution in [0.4, 0.5) is 0 Å². The van der Waals surface area contributed by atoms with Crippen LogP contribution < -0.4 is 4.74 Å². The van der Waals surface area contributed by atoms with Crippen molar-refractivity contribution < 1.29 is 19.3 Å². The summed E-state index contributed by atoms with van der Waals surface area (Å²) in [6, 6.07) is 7.67. The second-order valence-electron chi connectivity index (χ2n) is 4.48. The molecular weight excluding hydrogens is 220 g/mol. The normalized spacial score (nSPS) is 24.4. The Balaban J connectivity index is 1.74. The predicted octanol–water partition coefficient (Wildman–Crippen LogP) is 1.36. The van der Waals surface area contributed by atoms with Crippen molar-refractivity contribution in [2.75, 3.05) is 20.3 Å². The number of hydrogen-bond acceptors (Lipinski definition) is 4. The van der Waals surface area contributed by atoms with Gasteiger partial charge in [0.15, 0.2) is 0 Å². The highest BCUT2D eigenvalue weighted by molar-refractivity contribution is 5.26. The smallest absolute Gasteiger partial charge is 0.118 e. The summed E-state index contributed by atoms with van der Waals surface area (Å²) in [7, 11) is 1.64. The van der Waals surface area contributed by atoms with Gasteiger partial charge in [-0.25, -0.2) is 0 Å². The number of epoxide rings is 1. The molecule has 0 aliphatic carbocycles. The molecule has 0 saturated carbocycles. The molecule has 1 heterocycles. The van der Waals surface area contributed by atoms with Crippen molar-refractivity contribution in [1.29, 1.82) is 0 Å². The Labute approximate surface area is 101 Å². The van der Waals surface area contributed by atoms with Gasteiger partial charge in [0.05, 0.1) is 26.9 Å². The highest BCUT2D eigenvalue weighted by Gasteiger charge is 2.46. The Kier molecular flexibility index (Phi) is 3.66. The molecule has 0 bridgehead atoms. The molecule has 1 aromatic carbocycles. The van der Waals surface area contributed by atoms with E-state index in [2.05, 4.69) is 0 Å². The minimum Gasteiger partial charge on any atom is -0.497 e. The van der Waals surface area contributed by atoms with Crippen molar-refractivity contribution in [2.24, 2.45) is 0 Å². The molecule has 4 nitrogen and oxygen atoms in total. The molecule has 0 amide bonds. The zero-order valence-electron chi connectivity index (χ0n) is 10.2. The van der Waals surface area contributed by atoms with Gasteiger partial charge in [-0.3, -0.25) is 0 Å². The summed E-state index contributed by atoms with van der Waals surface area (Å²) in [4.78, 5) is 0. The molecule has 2 atom stereocenters. The third-order valence-electron chi connectivity index (χ3n) is 3.01. The van der Waals surface area contributed by atoms with Gasteiger partial charge in [0.25, 0.3) is 0 Å². The fourth-order valence-corrected chi connectivity index (χ4v) is 1.49. The Morgan fingerprint density at radius 2 is 2.06 bits per heavy atom. The average molecular weight is 238 g/mol. The molecule has 1 N–H and O–H groups in total. The molecule has 1 aliphatic rings. The van der Waals surface area contributed by atoms with Crippen molar-refractivity contribution in [3.05, 3.63) is 29.8 Å². The summed E-state index contributed by atoms with van der Waals surface area (Å²) in [6.45, 7) is 3.27. The number of hydrogen-bond donors (Lipinski definition) is 1. The van der Waals surface area contributed by atoms with Crippen LogP contribution in [0.25, 0.3) is 0 Å². The van der Waals surface area contributed by atoms with Crippen LogP contribution in [-0.2, 0) is 16.1 Å². The summed E-state index contributed by atoms with van der Waals surface area (Å²) in [5, 5.41) is 9.74. The van der Waals surface area contributed by atoms with E-state index in [-0.39, 0.29) is 5.60 Å². The molecular formula is C13H18O4. The molecule has 1 fully saturated rings. The summed E-state index contributed by atoms with van der Waals surface area (Å²) in [5.41, 5.74) is 0.666. The van der Waals surface area contributed by atoms with Gasteiger partial charge in [0.2, 0.25) is 0 Å². The Morgan fingerprint density at radius 3 is 2.59 bits per heavy atom. The van der Waals surface area contributed by atoms with E-state index in [0.29, 0.717) is 19.8 Å². The fourth-order valence-electron chi connectivity index (χ4n) is 1.49. The maximum Gasteiger partial charge on any atom is 0.118 e. The van der Waals surface area contributed by atoms with Gasteiger partial charge in [-0.05, 0) is 24.6 Å². The van der Waals surface area contributed by atoms with Gasteiger partial charge < -0.3 is 19.3 Å². The van der Waals surface area contributed by atoms with Crippen LogP contribution in [0.5, 0.6) is 5.75 Å². The number of ether oxygens (including phenoxy) is 3. The maximum atomic E-state index is 9.74. The van der Waals surface area contributed by atoms with Gasteiger partial charge >= 0.3 is 0 Å². The van der Waals surface area contributed by atoms with E-state index in [9.17, 15) is 5.11 Å². The first-order chi connectivity index (χ1) is 8.14. The van der Waals surface area contributed by atoms with Gasteiger partial charge in [0, 0.05) is 0 Å². The van der Waals surface area contributed by atoms with Crippen molar-refractivity contribution in [2.45, 2.75) is 25.2 Å². The topological polar surface area (TPSA) is 51.2 Å². The number of methoxy groups -OCH3 is 1. The van der Waals surface area contributed by atoms with Crippen molar-refractivity contribution in [3.8, 4) is 5.75 Å². The quantitative estimate of drug-likeness (QED) is 0.760. The van der Waals surface area contributed by atoms with E-state index in [0.717, 1.165) is 11.3 Å². The molecule has 4 heteroatoms. The summed E-state index contributed by atoms with van der Waals surface area (Å²) in [6.07, 6.45) is -0.555. The zero-order chi connectivity index (χ0) is 12.3. The highest BCUT2D eigenvalue weighted by atomic mass is 16.6. The first-order valence-corrected chi connectivity index (χ1v) is 5.67. The van der Waals surface area contributed by atoms with Gasteiger partial charge in [0.1, 0.15) is 17.5 Å². The van der Waals surface area contributed by atoms with E-state index in [1.807, 2.05) is 31.2 Å². The third-order valence-corrected chi connectivity index (χ3v) is 3.01. The minimum atomic E-state index is -0.555. The van der Waals surface area contributed by atoms with Crippen molar-refractivity contribution >= 4 is 0 Å². The Bertz CT molecular complexity index is 356. The van der Waals surface area contributed by atoms with Crippen LogP contribution >= 0.6 is 0 Å².